The van der Waals surface area contributed by atoms with Crippen molar-refractivity contribution in [2.45, 2.75) is 75.3 Å². The van der Waals surface area contributed by atoms with Crippen LogP contribution in [-0.2, 0) is 46.2 Å². The number of benzene rings is 2. The number of nitrogens with two attached hydrogens (primary N) is 1. The number of hydrogen-bond donors (Lipinski definition) is 2. The molecule has 0 spiro atoms. The number of rotatable bonds is 9. The molecule has 0 saturated heterocycles. The Morgan fingerprint density at radius 2 is 1.64 bits per heavy atom. The van der Waals surface area contributed by atoms with Gasteiger partial charge in [-0.2, -0.15) is 45.3 Å². The smallest absolute Gasteiger partial charge is 0.382 e. The van der Waals surface area contributed by atoms with Gasteiger partial charge in [-0.1, -0.05) is 30.5 Å². The molecule has 0 radical (unpaired) electrons. The molecular weight excluding hydrogens is 872 g/mol. The predicted molar refractivity (Wildman–Crippen MR) is 202 cm³/mol. The molecule has 3 heterocycles. The highest BCUT2D eigenvalue weighted by molar-refractivity contribution is 7.92. The second-order valence-corrected chi connectivity index (χ2v) is 18.5. The van der Waals surface area contributed by atoms with E-state index in [9.17, 15) is 48.3 Å². The number of hydrogen-bond acceptors (Lipinski definition) is 7. The minimum absolute atomic E-state index is 0.0799. The number of nitrogens with one attached hydrogen (secondary N) is 1. The van der Waals surface area contributed by atoms with Crippen LogP contribution in [0.3, 0.4) is 0 Å². The number of fused-ring (bicyclic) bond motifs is 4. The maximum atomic E-state index is 15.6. The van der Waals surface area contributed by atoms with Gasteiger partial charge in [0, 0.05) is 40.8 Å². The van der Waals surface area contributed by atoms with E-state index in [1.807, 2.05) is 0 Å². The third kappa shape index (κ3) is 8.11. The van der Waals surface area contributed by atoms with Crippen molar-refractivity contribution in [2.24, 2.45) is 11.8 Å². The van der Waals surface area contributed by atoms with Gasteiger partial charge in [-0.3, -0.25) is 14.2 Å². The van der Waals surface area contributed by atoms with Crippen LogP contribution in [0.2, 0.25) is 5.02 Å². The number of halogens is 11. The van der Waals surface area contributed by atoms with Gasteiger partial charge in [-0.15, -0.1) is 0 Å². The Kier molecular flexibility index (Phi) is 10.5. The lowest BCUT2D eigenvalue weighted by Crippen LogP contribution is -2.35. The molecule has 22 heteroatoms. The number of carbonyl (C=O) groups is 1. The van der Waals surface area contributed by atoms with Crippen molar-refractivity contribution in [2.75, 3.05) is 12.0 Å². The van der Waals surface area contributed by atoms with E-state index in [1.54, 1.807) is 0 Å². The van der Waals surface area contributed by atoms with Crippen molar-refractivity contribution in [3.05, 3.63) is 93.0 Å². The number of sulfone groups is 1. The number of alkyl halides is 8. The van der Waals surface area contributed by atoms with Crippen LogP contribution in [0.5, 0.6) is 0 Å². The molecule has 1 saturated carbocycles. The Bertz CT molecular complexity index is 2790. The van der Waals surface area contributed by atoms with Gasteiger partial charge in [-0.05, 0) is 68.0 Å². The lowest BCUT2D eigenvalue weighted by Gasteiger charge is -2.23. The van der Waals surface area contributed by atoms with E-state index >= 15 is 8.78 Å². The van der Waals surface area contributed by atoms with E-state index < -0.39 is 116 Å². The molecule has 7 rings (SSSR count). The minimum atomic E-state index is -5.17. The summed E-state index contributed by atoms with van der Waals surface area (Å²) in [7, 11) is -3.80. The fourth-order valence-electron chi connectivity index (χ4n) is 7.80. The van der Waals surface area contributed by atoms with Crippen LogP contribution in [0, 0.1) is 35.3 Å². The van der Waals surface area contributed by atoms with Crippen LogP contribution >= 0.6 is 11.6 Å². The van der Waals surface area contributed by atoms with Crippen molar-refractivity contribution in [3.63, 3.8) is 0 Å². The Morgan fingerprint density at radius 3 is 2.25 bits per heavy atom. The molecule has 5 aromatic rings. The van der Waals surface area contributed by atoms with E-state index in [4.69, 9.17) is 17.3 Å². The molecule has 4 atom stereocenters. The Morgan fingerprint density at radius 1 is 1.00 bits per heavy atom. The second kappa shape index (κ2) is 14.6. The molecule has 0 bridgehead atoms. The van der Waals surface area contributed by atoms with Crippen LogP contribution in [0.15, 0.2) is 42.5 Å². The van der Waals surface area contributed by atoms with E-state index in [2.05, 4.69) is 32.3 Å². The summed E-state index contributed by atoms with van der Waals surface area (Å²) < 4.78 is 169. The van der Waals surface area contributed by atoms with Crippen molar-refractivity contribution < 1.29 is 57.1 Å². The Balaban J connectivity index is 1.42. The molecular formula is C39H32ClF10N7O3S. The number of anilines is 1. The maximum Gasteiger partial charge on any atom is 0.435 e. The minimum Gasteiger partial charge on any atom is -0.382 e. The number of pyridine rings is 1. The summed E-state index contributed by atoms with van der Waals surface area (Å²) in [6.07, 6.45) is -9.65. The monoisotopic (exact) mass is 903 g/mol. The number of nitrogen functional groups attached to an aromatic ring is 1. The number of aromatic nitrogens is 5. The van der Waals surface area contributed by atoms with Crippen LogP contribution in [0.4, 0.5) is 49.7 Å². The zero-order valence-corrected chi connectivity index (χ0v) is 33.6. The second-order valence-electron chi connectivity index (χ2n) is 15.5. The summed E-state index contributed by atoms with van der Waals surface area (Å²) >= 11 is 6.39. The number of carbonyl (C=O) groups excluding carboxylic acids is 1. The highest BCUT2D eigenvalue weighted by Crippen LogP contribution is 2.71. The first kappa shape index (κ1) is 43.7. The first-order valence-electron chi connectivity index (χ1n) is 18.1. The van der Waals surface area contributed by atoms with Gasteiger partial charge in [0.2, 0.25) is 5.91 Å². The van der Waals surface area contributed by atoms with Crippen LogP contribution in [0.1, 0.15) is 66.6 Å². The van der Waals surface area contributed by atoms with E-state index in [0.717, 1.165) is 18.4 Å². The zero-order chi connectivity index (χ0) is 44.9. The Hall–Kier alpha value is -5.36. The molecule has 2 aliphatic carbocycles. The number of amides is 1. The molecule has 3 N–H and O–H groups in total. The SMILES string of the molecule is C[C@@H]1[C@@H]2c3c(C(F)(F)F)nn(CC(=O)N[C@@H](Cc4cc(F)cc(F)c4)c4nc(C#CC(C)(C)S(C)(=O)=O)ccc4-c4ccc(Cl)c5c(N)nn(CC(F)(F)F)c45)c3C(F)(F)[C@H]12. The molecule has 0 unspecified atom stereocenters. The van der Waals surface area contributed by atoms with Crippen LogP contribution in [-0.4, -0.2) is 56.0 Å². The average Bonchev–Trinajstić information content (AvgIpc) is 3.34. The summed E-state index contributed by atoms with van der Waals surface area (Å²) in [6.45, 7) is 1.09. The van der Waals surface area contributed by atoms with Crippen molar-refractivity contribution >= 4 is 44.1 Å². The maximum absolute atomic E-state index is 15.6. The average molecular weight is 904 g/mol. The van der Waals surface area contributed by atoms with Gasteiger partial charge >= 0.3 is 12.4 Å². The van der Waals surface area contributed by atoms with Gasteiger partial charge in [-0.25, -0.2) is 22.2 Å². The number of nitrogens with zero attached hydrogens (tertiary/aromatic N) is 5. The summed E-state index contributed by atoms with van der Waals surface area (Å²) in [4.78, 5) is 18.5. The molecule has 0 aliphatic heterocycles. The fourth-order valence-corrected chi connectivity index (χ4v) is 8.28. The molecule has 2 aromatic carbocycles. The topological polar surface area (TPSA) is 138 Å². The normalized spacial score (nSPS) is 19.0. The lowest BCUT2D eigenvalue weighted by molar-refractivity contribution is -0.143. The van der Waals surface area contributed by atoms with Gasteiger partial charge in [0.15, 0.2) is 21.3 Å². The summed E-state index contributed by atoms with van der Waals surface area (Å²) in [5.74, 6) is -5.78. The lowest BCUT2D eigenvalue weighted by atomic mass is 9.93. The first-order valence-corrected chi connectivity index (χ1v) is 20.4. The molecule has 61 heavy (non-hydrogen) atoms. The highest BCUT2D eigenvalue weighted by Gasteiger charge is 2.72. The molecule has 324 valence electrons. The molecule has 10 nitrogen and oxygen atoms in total. The van der Waals surface area contributed by atoms with Crippen molar-refractivity contribution in [1.29, 1.82) is 0 Å². The van der Waals surface area contributed by atoms with Crippen molar-refractivity contribution in [1.82, 2.24) is 29.9 Å². The van der Waals surface area contributed by atoms with E-state index in [-0.39, 0.29) is 48.7 Å². The highest BCUT2D eigenvalue weighted by atomic mass is 35.5. The third-order valence-electron chi connectivity index (χ3n) is 10.9. The molecule has 3 aromatic heterocycles. The predicted octanol–water partition coefficient (Wildman–Crippen LogP) is 8.12. The summed E-state index contributed by atoms with van der Waals surface area (Å²) in [5, 5.41) is 9.50. The molecule has 1 fully saturated rings. The van der Waals surface area contributed by atoms with Gasteiger partial charge in [0.25, 0.3) is 5.92 Å². The van der Waals surface area contributed by atoms with Crippen molar-refractivity contribution in [3.8, 4) is 23.0 Å². The van der Waals surface area contributed by atoms with Gasteiger partial charge < -0.3 is 11.1 Å². The largest absolute Gasteiger partial charge is 0.435 e. The van der Waals surface area contributed by atoms with Gasteiger partial charge in [0.05, 0.1) is 27.7 Å². The molecule has 2 aliphatic rings. The Labute approximate surface area is 345 Å². The standard InChI is InChI=1S/C39H32ClF10N7O3S/c1-17-27-29-33(39(48,49)50)54-56(34(29)38(46,47)30(17)27)15-26(58)53-25(13-18-11-19(41)14-20(42)12-18)31-22(6-5-21(52-31)9-10-36(2,3)61(4,59)60)23-7-8-24(40)28-32(23)57(55-35(28)51)16-37(43,44)45/h5-8,11-12,14,17,25,27,30H,13,15-16H2,1-4H3,(H2,51,55)(H,53,58)/t17-,25+,27-,30-/m1/s1. The third-order valence-corrected chi connectivity index (χ3v) is 13.1. The van der Waals surface area contributed by atoms with E-state index in [1.165, 1.54) is 45.0 Å². The first-order chi connectivity index (χ1) is 28.1. The van der Waals surface area contributed by atoms with Crippen LogP contribution in [0.25, 0.3) is 22.0 Å². The summed E-state index contributed by atoms with van der Waals surface area (Å²) in [5.41, 5.74) is 1.60. The zero-order valence-electron chi connectivity index (χ0n) is 32.1. The molecule has 1 amide bonds. The summed E-state index contributed by atoms with van der Waals surface area (Å²) in [6, 6.07) is 5.79. The quantitative estimate of drug-likeness (QED) is 0.113. The fraction of sp³-hybridized carbons (Fsp3) is 0.385. The van der Waals surface area contributed by atoms with Gasteiger partial charge in [0.1, 0.15) is 40.9 Å². The van der Waals surface area contributed by atoms with E-state index in [0.29, 0.717) is 10.7 Å². The van der Waals surface area contributed by atoms with Crippen LogP contribution < -0.4 is 11.1 Å².